The minimum atomic E-state index is -0.0693. The summed E-state index contributed by atoms with van der Waals surface area (Å²) < 4.78 is 0. The number of nitrogens with one attached hydrogen (secondary N) is 1. The molecule has 1 unspecified atom stereocenters. The van der Waals surface area contributed by atoms with Gasteiger partial charge in [-0.25, -0.2) is 0 Å². The zero-order chi connectivity index (χ0) is 20.3. The number of carbonyl (C=O) groups excluding carboxylic acids is 2. The topological polar surface area (TPSA) is 52.7 Å². The van der Waals surface area contributed by atoms with Crippen LogP contribution in [0.4, 0.5) is 0 Å². The number of amides is 2. The van der Waals surface area contributed by atoms with Crippen molar-refractivity contribution in [2.24, 2.45) is 5.41 Å². The Balaban J connectivity index is 1.38. The van der Waals surface area contributed by atoms with E-state index in [1.807, 2.05) is 23.1 Å². The highest BCUT2D eigenvalue weighted by atomic mass is 16.2. The maximum absolute atomic E-state index is 12.9. The summed E-state index contributed by atoms with van der Waals surface area (Å²) >= 11 is 0. The Bertz CT molecular complexity index is 741. The number of carbonyl (C=O) groups is 2. The number of likely N-dealkylation sites (tertiary alicyclic amines) is 1. The number of fused-ring (bicyclic) bond motifs is 1. The highest BCUT2D eigenvalue weighted by Crippen LogP contribution is 2.41. The van der Waals surface area contributed by atoms with Gasteiger partial charge < -0.3 is 10.2 Å². The predicted octanol–water partition coefficient (Wildman–Crippen LogP) is 3.58. The third-order valence-corrected chi connectivity index (χ3v) is 7.31. The van der Waals surface area contributed by atoms with Gasteiger partial charge in [0.25, 0.3) is 5.91 Å². The van der Waals surface area contributed by atoms with E-state index < -0.39 is 0 Å². The first kappa shape index (κ1) is 20.4. The fraction of sp³-hybridized carbons (Fsp3) is 0.667. The van der Waals surface area contributed by atoms with E-state index in [0.717, 1.165) is 56.4 Å². The number of nitrogens with zero attached hydrogens (tertiary/aromatic N) is 2. The summed E-state index contributed by atoms with van der Waals surface area (Å²) in [6.07, 6.45) is 8.62. The number of rotatable bonds is 7. The first-order valence-electron chi connectivity index (χ1n) is 11.5. The molecule has 2 fully saturated rings. The van der Waals surface area contributed by atoms with E-state index in [0.29, 0.717) is 25.6 Å². The molecule has 1 saturated heterocycles. The fourth-order valence-electron chi connectivity index (χ4n) is 5.72. The van der Waals surface area contributed by atoms with Gasteiger partial charge in [-0.3, -0.25) is 14.5 Å². The van der Waals surface area contributed by atoms with E-state index in [-0.39, 0.29) is 17.2 Å². The van der Waals surface area contributed by atoms with Crippen LogP contribution in [-0.4, -0.2) is 53.8 Å². The van der Waals surface area contributed by atoms with Crippen LogP contribution in [0, 0.1) is 5.41 Å². The SMILES string of the molecule is CCN1CCCC1CNC(=O)CC1(CN2Cc3ccccc3C2=O)CCCCC1. The van der Waals surface area contributed by atoms with Gasteiger partial charge in [0.05, 0.1) is 0 Å². The molecule has 5 nitrogen and oxygen atoms in total. The maximum atomic E-state index is 12.9. The molecule has 1 aromatic carbocycles. The summed E-state index contributed by atoms with van der Waals surface area (Å²) in [5, 5.41) is 3.23. The lowest BCUT2D eigenvalue weighted by atomic mass is 9.71. The predicted molar refractivity (Wildman–Crippen MR) is 115 cm³/mol. The van der Waals surface area contributed by atoms with Gasteiger partial charge in [-0.05, 0) is 55.8 Å². The largest absolute Gasteiger partial charge is 0.355 e. The molecule has 1 aromatic rings. The molecule has 1 aliphatic carbocycles. The molecule has 1 saturated carbocycles. The van der Waals surface area contributed by atoms with Crippen molar-refractivity contribution in [3.8, 4) is 0 Å². The molecule has 1 atom stereocenters. The van der Waals surface area contributed by atoms with Crippen LogP contribution in [0.2, 0.25) is 0 Å². The number of benzene rings is 1. The van der Waals surface area contributed by atoms with E-state index in [4.69, 9.17) is 0 Å². The van der Waals surface area contributed by atoms with Crippen molar-refractivity contribution in [1.29, 1.82) is 0 Å². The van der Waals surface area contributed by atoms with Crippen molar-refractivity contribution in [3.05, 3.63) is 35.4 Å². The average Bonchev–Trinajstić information content (AvgIpc) is 3.31. The Hall–Kier alpha value is -1.88. The van der Waals surface area contributed by atoms with Crippen molar-refractivity contribution in [2.45, 2.75) is 70.9 Å². The first-order valence-corrected chi connectivity index (χ1v) is 11.5. The lowest BCUT2D eigenvalue weighted by molar-refractivity contribution is -0.124. The van der Waals surface area contributed by atoms with Crippen LogP contribution in [0.3, 0.4) is 0 Å². The highest BCUT2D eigenvalue weighted by molar-refractivity contribution is 5.98. The number of likely N-dealkylation sites (N-methyl/N-ethyl adjacent to an activating group) is 1. The molecule has 2 amide bonds. The normalized spacial score (nSPS) is 24.0. The van der Waals surface area contributed by atoms with Gasteiger partial charge in [0.2, 0.25) is 5.91 Å². The van der Waals surface area contributed by atoms with E-state index >= 15 is 0 Å². The number of hydrogen-bond donors (Lipinski definition) is 1. The summed E-state index contributed by atoms with van der Waals surface area (Å²) in [5.74, 6) is 0.300. The van der Waals surface area contributed by atoms with Crippen molar-refractivity contribution in [2.75, 3.05) is 26.2 Å². The van der Waals surface area contributed by atoms with Gasteiger partial charge in [-0.15, -0.1) is 0 Å². The van der Waals surface area contributed by atoms with Crippen molar-refractivity contribution in [1.82, 2.24) is 15.1 Å². The molecule has 4 rings (SSSR count). The zero-order valence-electron chi connectivity index (χ0n) is 17.8. The molecule has 158 valence electrons. The van der Waals surface area contributed by atoms with Gasteiger partial charge in [-0.2, -0.15) is 0 Å². The van der Waals surface area contributed by atoms with Crippen LogP contribution in [0.5, 0.6) is 0 Å². The van der Waals surface area contributed by atoms with Crippen LogP contribution >= 0.6 is 0 Å². The molecule has 0 radical (unpaired) electrons. The van der Waals surface area contributed by atoms with Crippen LogP contribution in [0.15, 0.2) is 24.3 Å². The second-order valence-electron chi connectivity index (χ2n) is 9.28. The Kier molecular flexibility index (Phi) is 6.23. The molecule has 0 bridgehead atoms. The monoisotopic (exact) mass is 397 g/mol. The van der Waals surface area contributed by atoms with E-state index in [2.05, 4.69) is 23.2 Å². The lowest BCUT2D eigenvalue weighted by Crippen LogP contribution is -2.45. The van der Waals surface area contributed by atoms with Crippen molar-refractivity contribution in [3.63, 3.8) is 0 Å². The third-order valence-electron chi connectivity index (χ3n) is 7.31. The Morgan fingerprint density at radius 2 is 1.97 bits per heavy atom. The van der Waals surface area contributed by atoms with Crippen molar-refractivity contribution < 1.29 is 9.59 Å². The van der Waals surface area contributed by atoms with Gasteiger partial charge in [0.15, 0.2) is 0 Å². The first-order chi connectivity index (χ1) is 14.1. The summed E-state index contributed by atoms with van der Waals surface area (Å²) in [7, 11) is 0. The van der Waals surface area contributed by atoms with Gasteiger partial charge in [0.1, 0.15) is 0 Å². The second-order valence-corrected chi connectivity index (χ2v) is 9.28. The molecular weight excluding hydrogens is 362 g/mol. The fourth-order valence-corrected chi connectivity index (χ4v) is 5.72. The molecule has 3 aliphatic rings. The van der Waals surface area contributed by atoms with E-state index in [9.17, 15) is 9.59 Å². The molecule has 0 spiro atoms. The molecule has 1 N–H and O–H groups in total. The standard InChI is InChI=1S/C24H35N3O2/c1-2-26-14-8-10-20(26)16-25-22(28)15-24(12-6-3-7-13-24)18-27-17-19-9-4-5-11-21(19)23(27)29/h4-5,9,11,20H,2-3,6-8,10,12-18H2,1H3,(H,25,28). The van der Waals surface area contributed by atoms with Gasteiger partial charge >= 0.3 is 0 Å². The van der Waals surface area contributed by atoms with E-state index in [1.165, 1.54) is 19.3 Å². The minimum absolute atomic E-state index is 0.0693. The summed E-state index contributed by atoms with van der Waals surface area (Å²) in [4.78, 5) is 30.2. The molecule has 29 heavy (non-hydrogen) atoms. The zero-order valence-corrected chi connectivity index (χ0v) is 17.8. The quantitative estimate of drug-likeness (QED) is 0.765. The second kappa shape index (κ2) is 8.86. The Morgan fingerprint density at radius 1 is 1.17 bits per heavy atom. The van der Waals surface area contributed by atoms with Crippen molar-refractivity contribution >= 4 is 11.8 Å². The van der Waals surface area contributed by atoms with Crippen LogP contribution in [0.1, 0.15) is 74.2 Å². The minimum Gasteiger partial charge on any atom is -0.355 e. The average molecular weight is 398 g/mol. The smallest absolute Gasteiger partial charge is 0.254 e. The Labute approximate surface area is 174 Å². The molecular formula is C24H35N3O2. The maximum Gasteiger partial charge on any atom is 0.254 e. The molecule has 5 heteroatoms. The van der Waals surface area contributed by atoms with Crippen LogP contribution < -0.4 is 5.32 Å². The molecule has 2 heterocycles. The third kappa shape index (κ3) is 4.50. The molecule has 2 aliphatic heterocycles. The van der Waals surface area contributed by atoms with E-state index in [1.54, 1.807) is 0 Å². The Morgan fingerprint density at radius 3 is 2.72 bits per heavy atom. The summed E-state index contributed by atoms with van der Waals surface area (Å²) in [6, 6.07) is 8.41. The van der Waals surface area contributed by atoms with Gasteiger partial charge in [0, 0.05) is 37.7 Å². The lowest BCUT2D eigenvalue weighted by Gasteiger charge is -2.40. The molecule has 0 aromatic heterocycles. The summed E-state index contributed by atoms with van der Waals surface area (Å²) in [5.41, 5.74) is 1.89. The van der Waals surface area contributed by atoms with Crippen LogP contribution in [0.25, 0.3) is 0 Å². The highest BCUT2D eigenvalue weighted by Gasteiger charge is 2.39. The number of hydrogen-bond acceptors (Lipinski definition) is 3. The summed E-state index contributed by atoms with van der Waals surface area (Å²) in [6.45, 7) is 6.56. The van der Waals surface area contributed by atoms with Crippen LogP contribution in [-0.2, 0) is 11.3 Å². The van der Waals surface area contributed by atoms with Gasteiger partial charge in [-0.1, -0.05) is 44.4 Å².